The molecule has 4 heteroatoms. The van der Waals surface area contributed by atoms with Crippen LogP contribution in [-0.2, 0) is 79.2 Å². The predicted molar refractivity (Wildman–Crippen MR) is 426 cm³/mol. The summed E-state index contributed by atoms with van der Waals surface area (Å²) in [5, 5.41) is 0. The van der Waals surface area contributed by atoms with Gasteiger partial charge >= 0.3 is 0 Å². The van der Waals surface area contributed by atoms with Gasteiger partial charge in [0, 0.05) is 98.9 Å². The fourth-order valence-electron chi connectivity index (χ4n) is 11.3. The zero-order valence-corrected chi connectivity index (χ0v) is 66.5. The molecule has 0 aliphatic heterocycles. The van der Waals surface area contributed by atoms with Crippen LogP contribution in [0.5, 0.6) is 0 Å². The summed E-state index contributed by atoms with van der Waals surface area (Å²) >= 11 is 0. The van der Waals surface area contributed by atoms with E-state index < -0.39 is 108 Å². The average molecular weight is 1350 g/mol. The Kier molecular flexibility index (Phi) is 18.0. The molecule has 0 N–H and O–H groups in total. The molecular weight excluding hydrogens is 1190 g/mol. The Morgan fingerprint density at radius 1 is 0.265 bits per heavy atom. The molecule has 4 aromatic carbocycles. The molecule has 4 heterocycles. The van der Waals surface area contributed by atoms with E-state index in [9.17, 15) is 0 Å². The van der Waals surface area contributed by atoms with Crippen molar-refractivity contribution in [2.24, 2.45) is 71.5 Å². The van der Waals surface area contributed by atoms with Crippen molar-refractivity contribution in [3.05, 3.63) is 212 Å². The highest BCUT2D eigenvalue weighted by Gasteiger charge is 2.29. The molecule has 0 unspecified atom stereocenters. The maximum atomic E-state index is 9.05. The maximum Gasteiger partial charge on any atom is 0.212 e. The quantitative estimate of drug-likeness (QED) is 0.108. The van der Waals surface area contributed by atoms with Crippen molar-refractivity contribution in [3.8, 4) is 45.0 Å². The molecule has 0 aliphatic rings. The summed E-state index contributed by atoms with van der Waals surface area (Å²) in [4.78, 5) is 0. The summed E-state index contributed by atoms with van der Waals surface area (Å²) < 4.78 is 196. The van der Waals surface area contributed by atoms with Crippen LogP contribution < -0.4 is 18.3 Å². The van der Waals surface area contributed by atoms with Gasteiger partial charge in [0.1, 0.15) is 28.2 Å². The number of aromatic nitrogens is 4. The van der Waals surface area contributed by atoms with Gasteiger partial charge in [0.15, 0.2) is 24.8 Å². The van der Waals surface area contributed by atoms with Gasteiger partial charge in [-0.1, -0.05) is 232 Å². The molecule has 8 rings (SSSR count). The second-order valence-electron chi connectivity index (χ2n) is 35.1. The fourth-order valence-corrected chi connectivity index (χ4v) is 11.3. The third-order valence-electron chi connectivity index (χ3n) is 15.0. The van der Waals surface area contributed by atoms with Gasteiger partial charge in [-0.3, -0.25) is 0 Å². The largest absolute Gasteiger partial charge is 0.212 e. The van der Waals surface area contributed by atoms with Crippen LogP contribution in [0.15, 0.2) is 134 Å². The van der Waals surface area contributed by atoms with E-state index in [2.05, 4.69) is 0 Å². The van der Waals surface area contributed by atoms with Crippen molar-refractivity contribution in [1.29, 1.82) is 0 Å². The zero-order chi connectivity index (χ0) is 93.6. The predicted octanol–water partition coefficient (Wildman–Crippen LogP) is 23.3. The smallest absolute Gasteiger partial charge is 0.201 e. The maximum absolute atomic E-state index is 9.05. The van der Waals surface area contributed by atoms with Gasteiger partial charge in [0.2, 0.25) is 22.8 Å². The molecule has 0 radical (unpaired) electrons. The topological polar surface area (TPSA) is 15.5 Å². The zero-order valence-electron chi connectivity index (χ0n) is 88.5. The van der Waals surface area contributed by atoms with E-state index in [0.29, 0.717) is 44.6 Å². The molecule has 98 heavy (non-hydrogen) atoms. The van der Waals surface area contributed by atoms with Crippen molar-refractivity contribution >= 4 is 0 Å². The molecule has 0 bridgehead atoms. The summed E-state index contributed by atoms with van der Waals surface area (Å²) in [7, 11) is 7.37. The van der Waals surface area contributed by atoms with E-state index in [1.807, 2.05) is 276 Å². The summed E-state index contributed by atoms with van der Waals surface area (Å²) in [6, 6.07) is 33.5. The van der Waals surface area contributed by atoms with Gasteiger partial charge in [-0.25, -0.2) is 18.3 Å². The number of aryl methyl sites for hydroxylation is 10. The van der Waals surface area contributed by atoms with Gasteiger partial charge in [0.05, 0.1) is 0 Å². The highest BCUT2D eigenvalue weighted by Crippen LogP contribution is 2.36. The number of hydrogen-bond donors (Lipinski definition) is 0. The lowest BCUT2D eigenvalue weighted by molar-refractivity contribution is -0.661. The van der Waals surface area contributed by atoms with Crippen molar-refractivity contribution in [3.63, 3.8) is 0 Å². The monoisotopic (exact) mass is 1350 g/mol. The molecule has 0 saturated carbocycles. The lowest BCUT2D eigenvalue weighted by atomic mass is 9.81. The van der Waals surface area contributed by atoms with E-state index in [0.717, 1.165) is 61.6 Å². The van der Waals surface area contributed by atoms with Crippen LogP contribution >= 0.6 is 0 Å². The van der Waals surface area contributed by atoms with Crippen LogP contribution in [0.4, 0.5) is 0 Å². The van der Waals surface area contributed by atoms with E-state index in [4.69, 9.17) is 30.2 Å². The van der Waals surface area contributed by atoms with Crippen molar-refractivity contribution in [2.45, 2.75) is 259 Å². The Labute approximate surface area is 633 Å². The second-order valence-corrected chi connectivity index (χ2v) is 35.1. The van der Waals surface area contributed by atoms with Crippen LogP contribution in [0.25, 0.3) is 45.0 Å². The highest BCUT2D eigenvalue weighted by molar-refractivity contribution is 5.65. The third-order valence-corrected chi connectivity index (χ3v) is 15.0. The fraction of sp³-hybridized carbons (Fsp3) is 0.532. The lowest BCUT2D eigenvalue weighted by Crippen LogP contribution is -2.33. The molecule has 0 saturated heterocycles. The molecule has 532 valence electrons. The Morgan fingerprint density at radius 3 is 0.837 bits per heavy atom. The summed E-state index contributed by atoms with van der Waals surface area (Å²) in [6.45, 7) is 47.3. The first-order chi connectivity index (χ1) is 53.3. The standard InChI is InChI=1S/C28H44N.C24H36N.C23H34N.C19H26N/c1-20-14-21(16-26(2,3)4)12-13-24(20)25-15-22(17-27(5,6)7)23(19-29(25)11)18-28(8,9)10;1-17-10-11-21(18(2)12-17)22-13-19(14-23(3,4)5)20(16-25(22)9)15-24(6,7)8;1-17-11-9-10-12-20(17)21-13-18(14-22(2,3)4)19(16-24(21)8)15-23(5,6)7;1-14-9-7-8-10-17(14)18-11-16(12-19(3,4)5)15(2)13-20(18)6/h12-15,19H,16-18H2,1-11H3;10-13,16H,14-15H2,1-9H3;9-13,16H,14-15H2,1-8H3;7-11,13H,12H2,1-6H3/q4*+1/i16D2,17D2,18D2;1D3,14D2,15D2;14D2,15D2;2D3,12D2. The number of rotatable bonds is 12. The first-order valence-corrected chi connectivity index (χ1v) is 34.8. The number of benzene rings is 4. The second kappa shape index (κ2) is 32.4. The highest BCUT2D eigenvalue weighted by atomic mass is 14.9. The first kappa shape index (κ1) is 54.3. The van der Waals surface area contributed by atoms with Gasteiger partial charge in [-0.2, -0.15) is 0 Å². The van der Waals surface area contributed by atoms with Crippen LogP contribution in [-0.4, -0.2) is 0 Å². The third kappa shape index (κ3) is 26.9. The number of nitrogens with zero attached hydrogens (tertiary/aromatic N) is 4. The minimum Gasteiger partial charge on any atom is -0.201 e. The van der Waals surface area contributed by atoms with Gasteiger partial charge in [-0.05, 0) is 210 Å². The molecule has 0 atom stereocenters. The molecule has 0 aliphatic carbocycles. The molecule has 0 amide bonds. The summed E-state index contributed by atoms with van der Waals surface area (Å²) in [6.07, 6.45) is -7.08. The van der Waals surface area contributed by atoms with E-state index in [-0.39, 0.29) is 16.7 Å². The summed E-state index contributed by atoms with van der Waals surface area (Å²) in [5.74, 6) is 0. The lowest BCUT2D eigenvalue weighted by Gasteiger charge is -2.24. The van der Waals surface area contributed by atoms with Crippen molar-refractivity contribution in [2.75, 3.05) is 0 Å². The molecule has 0 spiro atoms. The van der Waals surface area contributed by atoms with Crippen LogP contribution in [0.3, 0.4) is 0 Å². The first-order valence-electron chi connectivity index (χ1n) is 45.8. The molecule has 0 fully saturated rings. The SMILES string of the molecule is [2H]C([2H])([2H])c1c[n+](C)c(-c2ccccc2C)cc1C([2H])([2H])C(C)(C)C.[2H]C([2H])([2H])c1ccc(-c2cc(C([2H])([2H])C(C)(C)C)c(C([2H])([2H])C(C)(C)C)c[n+]2C)c(C)c1.[2H]C([2H])(c1cc(-c2ccccc2C)[n+](C)cc1C([2H])([2H])C(C)(C)C)C(C)(C)C.[2H]C([2H])(c1ccc(-c2cc(C([2H])([2H])C(C)(C)C)c(C([2H])([2H])C(C)(C)C)c[n+]2C)c(C)c1)C(C)(C)C. The molecule has 4 nitrogen and oxygen atoms in total. The molecular formula is C94H140N4+4. The Morgan fingerprint density at radius 2 is 0.541 bits per heavy atom. The normalized spacial score (nSPS) is 17.3. The Bertz CT molecular complexity index is 5000. The Balaban J connectivity index is 0.000000287. The average Bonchev–Trinajstić information content (AvgIpc) is 0.763. The number of pyridine rings is 4. The molecule has 4 aromatic heterocycles. The Hall–Kier alpha value is -6.52. The molecule has 8 aromatic rings. The van der Waals surface area contributed by atoms with E-state index >= 15 is 0 Å². The van der Waals surface area contributed by atoms with E-state index in [1.54, 1.807) is 98.1 Å². The van der Waals surface area contributed by atoms with Gasteiger partial charge in [-0.15, -0.1) is 0 Å². The number of hydrogen-bond acceptors (Lipinski definition) is 0. The van der Waals surface area contributed by atoms with Gasteiger partial charge in [0.25, 0.3) is 0 Å². The van der Waals surface area contributed by atoms with Crippen LogP contribution in [0.1, 0.15) is 274 Å². The van der Waals surface area contributed by atoms with Crippen molar-refractivity contribution in [1.82, 2.24) is 0 Å². The minimum absolute atomic E-state index is 0.0623. The van der Waals surface area contributed by atoms with Crippen LogP contribution in [0.2, 0.25) is 0 Å². The van der Waals surface area contributed by atoms with Gasteiger partial charge < -0.3 is 0 Å². The minimum atomic E-state index is -2.38. The van der Waals surface area contributed by atoms with E-state index in [1.165, 1.54) is 0 Å². The summed E-state index contributed by atoms with van der Waals surface area (Å²) in [5.41, 5.74) is 8.31. The van der Waals surface area contributed by atoms with Crippen LogP contribution in [0, 0.1) is 84.7 Å². The van der Waals surface area contributed by atoms with Crippen molar-refractivity contribution < 1.29 is 48.4 Å².